The van der Waals surface area contributed by atoms with Gasteiger partial charge in [-0.2, -0.15) is 0 Å². The maximum atomic E-state index is 2.46. The molecular weight excluding hydrogens is 289 g/mol. The fourth-order valence-electron chi connectivity index (χ4n) is 1.07. The first-order valence-electron chi connectivity index (χ1n) is 3.67. The van der Waals surface area contributed by atoms with Crippen LogP contribution in [0.3, 0.4) is 0 Å². The molecule has 1 nitrogen and oxygen atoms in total. The lowest BCUT2D eigenvalue weighted by molar-refractivity contribution is -0.520. The molecule has 0 spiro atoms. The Morgan fingerprint density at radius 2 is 2.36 bits per heavy atom. The number of thioether (sulfide) groups is 2. The van der Waals surface area contributed by atoms with E-state index in [2.05, 4.69) is 17.8 Å². The van der Waals surface area contributed by atoms with E-state index in [1.54, 1.807) is 0 Å². The average Bonchev–Trinajstić information content (AvgIpc) is 2.04. The van der Waals surface area contributed by atoms with Crippen LogP contribution in [0.4, 0.5) is 0 Å². The lowest BCUT2D eigenvalue weighted by Crippen LogP contribution is -3.00. The maximum absolute atomic E-state index is 2.46. The molecule has 0 fully saturated rings. The standard InChI is InChI=1S/C7H14NS2.HI/c1-3-8-5-4-6-10-7(8)9-2;/h3-6H2,1-2H3;1H/q+1;/p-1. The van der Waals surface area contributed by atoms with Gasteiger partial charge in [-0.1, -0.05) is 11.8 Å². The Morgan fingerprint density at radius 1 is 1.64 bits per heavy atom. The Morgan fingerprint density at radius 3 is 2.82 bits per heavy atom. The van der Waals surface area contributed by atoms with E-state index in [1.165, 1.54) is 29.6 Å². The van der Waals surface area contributed by atoms with Gasteiger partial charge in [0.15, 0.2) is 0 Å². The second kappa shape index (κ2) is 6.60. The van der Waals surface area contributed by atoms with Crippen molar-refractivity contribution in [1.29, 1.82) is 0 Å². The molecule has 0 unspecified atom stereocenters. The predicted molar refractivity (Wildman–Crippen MR) is 51.3 cm³/mol. The number of hydrogen-bond acceptors (Lipinski definition) is 2. The van der Waals surface area contributed by atoms with E-state index < -0.39 is 0 Å². The van der Waals surface area contributed by atoms with Gasteiger partial charge >= 0.3 is 0 Å². The molecule has 0 radical (unpaired) electrons. The van der Waals surface area contributed by atoms with Crippen LogP contribution in [-0.2, 0) is 0 Å². The van der Waals surface area contributed by atoms with Crippen LogP contribution in [0.5, 0.6) is 0 Å². The summed E-state index contributed by atoms with van der Waals surface area (Å²) in [5.41, 5.74) is 0. The zero-order valence-electron chi connectivity index (χ0n) is 6.97. The predicted octanol–water partition coefficient (Wildman–Crippen LogP) is -1.12. The SMILES string of the molecule is CC[N+]1=C(SC)SCCC1.[I-]. The molecule has 0 aliphatic carbocycles. The Balaban J connectivity index is 0.000001000. The molecule has 66 valence electrons. The molecule has 0 saturated heterocycles. The van der Waals surface area contributed by atoms with Gasteiger partial charge in [0.25, 0.3) is 4.38 Å². The molecule has 0 saturated carbocycles. The van der Waals surface area contributed by atoms with Crippen LogP contribution < -0.4 is 24.0 Å². The molecule has 0 aromatic heterocycles. The quantitative estimate of drug-likeness (QED) is 0.446. The van der Waals surface area contributed by atoms with Crippen molar-refractivity contribution in [1.82, 2.24) is 0 Å². The summed E-state index contributed by atoms with van der Waals surface area (Å²) in [4.78, 5) is 0. The number of rotatable bonds is 1. The van der Waals surface area contributed by atoms with Gasteiger partial charge in [-0.3, -0.25) is 0 Å². The van der Waals surface area contributed by atoms with E-state index in [1.807, 2.05) is 23.5 Å². The smallest absolute Gasteiger partial charge is 0.269 e. The van der Waals surface area contributed by atoms with Gasteiger partial charge in [0.1, 0.15) is 13.1 Å². The Bertz CT molecular complexity index is 131. The van der Waals surface area contributed by atoms with Crippen molar-refractivity contribution >= 4 is 27.9 Å². The van der Waals surface area contributed by atoms with E-state index in [4.69, 9.17) is 0 Å². The van der Waals surface area contributed by atoms with Crippen molar-refractivity contribution in [3.8, 4) is 0 Å². The summed E-state index contributed by atoms with van der Waals surface area (Å²) < 4.78 is 3.97. The van der Waals surface area contributed by atoms with Gasteiger partial charge in [-0.25, -0.2) is 4.58 Å². The monoisotopic (exact) mass is 303 g/mol. The third kappa shape index (κ3) is 3.55. The summed E-state index contributed by atoms with van der Waals surface area (Å²) in [7, 11) is 0. The van der Waals surface area contributed by atoms with Crippen molar-refractivity contribution in [2.75, 3.05) is 25.1 Å². The summed E-state index contributed by atoms with van der Waals surface area (Å²) in [6.07, 6.45) is 3.51. The highest BCUT2D eigenvalue weighted by Crippen LogP contribution is 2.19. The first-order chi connectivity index (χ1) is 4.88. The number of halogens is 1. The minimum Gasteiger partial charge on any atom is -1.00 e. The molecule has 1 heterocycles. The molecular formula is C7H14INS2. The van der Waals surface area contributed by atoms with Gasteiger partial charge in [0, 0.05) is 12.2 Å². The van der Waals surface area contributed by atoms with Crippen molar-refractivity contribution in [2.24, 2.45) is 0 Å². The molecule has 0 bridgehead atoms. The fraction of sp³-hybridized carbons (Fsp3) is 0.857. The fourth-order valence-corrected chi connectivity index (χ4v) is 3.12. The van der Waals surface area contributed by atoms with Crippen LogP contribution in [-0.4, -0.2) is 34.0 Å². The van der Waals surface area contributed by atoms with Crippen LogP contribution >= 0.6 is 23.5 Å². The van der Waals surface area contributed by atoms with E-state index in [0.29, 0.717) is 0 Å². The van der Waals surface area contributed by atoms with Crippen LogP contribution in [0.25, 0.3) is 0 Å². The minimum absolute atomic E-state index is 0. The van der Waals surface area contributed by atoms with Gasteiger partial charge in [-0.15, -0.1) is 0 Å². The summed E-state index contributed by atoms with van der Waals surface area (Å²) in [6.45, 7) is 4.66. The first-order valence-corrected chi connectivity index (χ1v) is 5.88. The Kier molecular flexibility index (Phi) is 7.26. The molecule has 1 aliphatic heterocycles. The highest BCUT2D eigenvalue weighted by atomic mass is 127. The second-order valence-electron chi connectivity index (χ2n) is 2.25. The zero-order chi connectivity index (χ0) is 7.40. The molecule has 0 aromatic carbocycles. The van der Waals surface area contributed by atoms with E-state index in [0.717, 1.165) is 0 Å². The van der Waals surface area contributed by atoms with Gasteiger partial charge in [-0.05, 0) is 24.9 Å². The van der Waals surface area contributed by atoms with Crippen molar-refractivity contribution in [2.45, 2.75) is 13.3 Å². The van der Waals surface area contributed by atoms with Gasteiger partial charge in [0.2, 0.25) is 0 Å². The molecule has 0 N–H and O–H groups in total. The van der Waals surface area contributed by atoms with Crippen LogP contribution in [0.1, 0.15) is 13.3 Å². The van der Waals surface area contributed by atoms with Crippen molar-refractivity contribution in [3.63, 3.8) is 0 Å². The third-order valence-electron chi connectivity index (χ3n) is 1.61. The summed E-state index contributed by atoms with van der Waals surface area (Å²) in [5, 5.41) is 0. The average molecular weight is 303 g/mol. The third-order valence-corrected chi connectivity index (χ3v) is 4.07. The first kappa shape index (κ1) is 12.1. The van der Waals surface area contributed by atoms with Crippen LogP contribution in [0, 0.1) is 0 Å². The Hall–Kier alpha value is 1.10. The summed E-state index contributed by atoms with van der Waals surface area (Å²) in [6, 6.07) is 0. The lowest BCUT2D eigenvalue weighted by atomic mass is 10.4. The lowest BCUT2D eigenvalue weighted by Gasteiger charge is -2.10. The number of nitrogens with zero attached hydrogens (tertiary/aromatic N) is 1. The van der Waals surface area contributed by atoms with Crippen LogP contribution in [0.15, 0.2) is 0 Å². The molecule has 1 aliphatic rings. The summed E-state index contributed by atoms with van der Waals surface area (Å²) in [5.74, 6) is 1.31. The normalized spacial score (nSPS) is 18.0. The highest BCUT2D eigenvalue weighted by Gasteiger charge is 2.17. The van der Waals surface area contributed by atoms with E-state index in [-0.39, 0.29) is 24.0 Å². The molecule has 0 atom stereocenters. The van der Waals surface area contributed by atoms with Crippen molar-refractivity contribution < 1.29 is 28.6 Å². The molecule has 1 rings (SSSR count). The topological polar surface area (TPSA) is 3.01 Å². The molecule has 0 amide bonds. The molecule has 0 aromatic rings. The molecule has 11 heavy (non-hydrogen) atoms. The zero-order valence-corrected chi connectivity index (χ0v) is 10.8. The largest absolute Gasteiger partial charge is 1.00 e. The highest BCUT2D eigenvalue weighted by molar-refractivity contribution is 8.38. The maximum Gasteiger partial charge on any atom is 0.269 e. The Labute approximate surface area is 94.4 Å². The number of hydrogen-bond donors (Lipinski definition) is 0. The van der Waals surface area contributed by atoms with Gasteiger partial charge < -0.3 is 24.0 Å². The molecule has 4 heteroatoms. The van der Waals surface area contributed by atoms with Gasteiger partial charge in [0.05, 0.1) is 0 Å². The summed E-state index contributed by atoms with van der Waals surface area (Å²) >= 11 is 3.89. The minimum atomic E-state index is 0. The van der Waals surface area contributed by atoms with Crippen LogP contribution in [0.2, 0.25) is 0 Å². The van der Waals surface area contributed by atoms with Crippen molar-refractivity contribution in [3.05, 3.63) is 0 Å². The second-order valence-corrected chi connectivity index (χ2v) is 4.39. The van der Waals surface area contributed by atoms with E-state index in [9.17, 15) is 0 Å². The van der Waals surface area contributed by atoms with E-state index >= 15 is 0 Å².